The highest BCUT2D eigenvalue weighted by molar-refractivity contribution is 6.02. The zero-order valence-corrected chi connectivity index (χ0v) is 69.8. The maximum absolute atomic E-state index is 14.9. The number of benzene rings is 3. The number of phenolic OH excluding ortho intramolecular Hbond substituents is 1. The Morgan fingerprint density at radius 2 is 0.854 bits per heavy atom. The summed E-state index contributed by atoms with van der Waals surface area (Å²) in [5.41, 5.74) is 19.7. The van der Waals surface area contributed by atoms with Crippen LogP contribution in [0.25, 0.3) is 21.8 Å². The third kappa shape index (κ3) is 30.8. The van der Waals surface area contributed by atoms with Crippen molar-refractivity contribution < 1.29 is 112 Å². The molecule has 0 spiro atoms. The first-order valence-corrected chi connectivity index (χ1v) is 40.6. The van der Waals surface area contributed by atoms with Crippen molar-refractivity contribution in [3.05, 3.63) is 102 Å². The van der Waals surface area contributed by atoms with Crippen molar-refractivity contribution in [2.75, 3.05) is 19.7 Å². The van der Waals surface area contributed by atoms with Gasteiger partial charge in [-0.05, 0) is 130 Å². The van der Waals surface area contributed by atoms with Gasteiger partial charge in [-0.1, -0.05) is 90.1 Å². The molecule has 0 saturated carbocycles. The topological polar surface area (TPSA) is 669 Å². The van der Waals surface area contributed by atoms with E-state index in [-0.39, 0.29) is 94.4 Å². The first-order valence-electron chi connectivity index (χ1n) is 40.6. The number of carbonyl (C=O) groups is 17. The maximum atomic E-state index is 14.9. The molecule has 1 fully saturated rings. The van der Waals surface area contributed by atoms with E-state index in [1.165, 1.54) is 31.2 Å². The maximum Gasteiger partial charge on any atom is 0.326 e. The third-order valence-corrected chi connectivity index (χ3v) is 20.2. The van der Waals surface area contributed by atoms with Crippen molar-refractivity contribution >= 4 is 122 Å². The molecular formula is C82H116N18O23. The lowest BCUT2D eigenvalue weighted by Crippen LogP contribution is -2.62. The number of phenols is 1. The van der Waals surface area contributed by atoms with Crippen molar-refractivity contribution in [1.29, 1.82) is 0 Å². The van der Waals surface area contributed by atoms with Gasteiger partial charge in [-0.3, -0.25) is 76.7 Å². The van der Waals surface area contributed by atoms with E-state index < -0.39 is 224 Å². The number of aromatic nitrogens is 2. The highest BCUT2D eigenvalue weighted by atomic mass is 16.4. The standard InChI is InChI=1S/C82H116N18O23/c1-40(2)28-54(71(111)93-58(32-46-37-86-51-18-11-9-16-49(46)51)74(114)91-55(29-41(3)4)72(112)98-63(39-101)78(118)97-62(82(122)123)36-67(107)108)90-70(110)53(20-13-14-26-83)88-80(120)68(44(8)102)99-77(117)56(30-42(5)6)95-79(119)64-21-15-27-100(64)81(121)61(35-66(105)106)96-73(113)57(31-45-22-24-48(103)25-23-45)92-75(115)59(33-47-38-87-52-19-12-10-17-50(47)52)94-76(116)60(34-65(85)104)89-69(109)43(7)84/h9-12,16-19,22-25,37-38,40-44,53-64,68,86-87,101-103H,13-15,20-21,26-36,39,83-84H2,1-8H3,(H2,85,104)(H,88,120)(H,89,109)(H,90,110)(H,91,114)(H,92,115)(H,93,111)(H,94,116)(H,95,119)(H,96,113)(H,97,118)(H,98,112)(H,99,117)(H,105,106)(H,107,108)(H,122,123)/t43-,44+,53-,54-,55-,56-,57-,58-,59-,60-,61-,62-,63-,64-,68-/m0/s1. The number of carboxylic acid groups (broad SMARTS) is 3. The number of H-pyrrole nitrogens is 2. The van der Waals surface area contributed by atoms with Gasteiger partial charge in [-0.15, -0.1) is 0 Å². The van der Waals surface area contributed by atoms with Crippen molar-refractivity contribution in [3.8, 4) is 5.75 Å². The minimum atomic E-state index is -1.96. The SMILES string of the molecule is CC(C)C[C@H](NC(=O)[C@H](Cc1c[nH]c2ccccc12)NC(=O)[C@H](CC(C)C)NC(=O)[C@H](CCCCN)NC(=O)[C@@H](NC(=O)[C@H](CC(C)C)NC(=O)[C@@H]1CCCN1C(=O)[C@H](CC(=O)O)NC(=O)[C@H](Cc1ccc(O)cc1)NC(=O)[C@H](Cc1c[nH]c2ccccc12)NC(=O)[C@H](CC(N)=O)NC(=O)[C@H](C)N)[C@@H](C)O)C(=O)N[C@@H](CO)C(=O)N[C@@H](CC(=O)O)C(=O)O. The molecule has 123 heavy (non-hydrogen) atoms. The molecule has 3 aromatic carbocycles. The average Bonchev–Trinajstić information content (AvgIpc) is 1.73. The van der Waals surface area contributed by atoms with Gasteiger partial charge in [0.2, 0.25) is 82.7 Å². The lowest BCUT2D eigenvalue weighted by atomic mass is 9.99. The zero-order chi connectivity index (χ0) is 91.2. The fourth-order valence-electron chi connectivity index (χ4n) is 13.9. The normalized spacial score (nSPS) is 16.1. The summed E-state index contributed by atoms with van der Waals surface area (Å²) < 4.78 is 0. The number of nitrogens with two attached hydrogens (primary N) is 3. The molecule has 0 radical (unpaired) electrons. The molecule has 5 aromatic rings. The van der Waals surface area contributed by atoms with E-state index in [4.69, 9.17) is 17.2 Å². The van der Waals surface area contributed by atoms with Gasteiger partial charge in [0.15, 0.2) is 0 Å². The highest BCUT2D eigenvalue weighted by Gasteiger charge is 2.43. The molecule has 1 aliphatic rings. The molecule has 41 nitrogen and oxygen atoms in total. The van der Waals surface area contributed by atoms with E-state index in [9.17, 15) is 112 Å². The Bertz CT molecular complexity index is 4570. The molecule has 2 aromatic heterocycles. The Labute approximate surface area is 708 Å². The quantitative estimate of drug-likeness (QED) is 0.0174. The number of rotatable bonds is 50. The second kappa shape index (κ2) is 47.5. The lowest BCUT2D eigenvalue weighted by Gasteiger charge is -2.31. The van der Waals surface area contributed by atoms with Crippen LogP contribution < -0.4 is 81.0 Å². The molecule has 0 unspecified atom stereocenters. The number of para-hydroxylation sites is 2. The molecule has 41 heteroatoms. The Morgan fingerprint density at radius 3 is 1.31 bits per heavy atom. The number of nitrogens with zero attached hydrogens (tertiary/aromatic N) is 1. The molecule has 26 N–H and O–H groups in total. The second-order valence-electron chi connectivity index (χ2n) is 31.9. The number of carbonyl (C=O) groups excluding carboxylic acids is 14. The van der Waals surface area contributed by atoms with E-state index in [0.717, 1.165) is 11.8 Å². The summed E-state index contributed by atoms with van der Waals surface area (Å²) in [4.78, 5) is 242. The highest BCUT2D eigenvalue weighted by Crippen LogP contribution is 2.25. The fourth-order valence-corrected chi connectivity index (χ4v) is 13.9. The van der Waals surface area contributed by atoms with Gasteiger partial charge in [0, 0.05) is 60.0 Å². The summed E-state index contributed by atoms with van der Waals surface area (Å²) in [6, 6.07) is -3.45. The van der Waals surface area contributed by atoms with Crippen LogP contribution in [-0.4, -0.2) is 257 Å². The summed E-state index contributed by atoms with van der Waals surface area (Å²) in [6.07, 6.45) is -2.22. The second-order valence-corrected chi connectivity index (χ2v) is 31.9. The van der Waals surface area contributed by atoms with E-state index in [2.05, 4.69) is 68.5 Å². The van der Waals surface area contributed by atoms with Crippen molar-refractivity contribution in [3.63, 3.8) is 0 Å². The van der Waals surface area contributed by atoms with Crippen LogP contribution in [-0.2, 0) is 101 Å². The van der Waals surface area contributed by atoms with Crippen molar-refractivity contribution in [2.24, 2.45) is 35.0 Å². The number of carboxylic acids is 3. The number of likely N-dealkylation sites (tertiary alicyclic amines) is 1. The van der Waals surface area contributed by atoms with Crippen LogP contribution in [0.4, 0.5) is 0 Å². The number of aliphatic carboxylic acids is 3. The lowest BCUT2D eigenvalue weighted by molar-refractivity contribution is -0.147. The minimum absolute atomic E-state index is 0.0647. The van der Waals surface area contributed by atoms with E-state index in [1.807, 2.05) is 5.32 Å². The van der Waals surface area contributed by atoms with Crippen molar-refractivity contribution in [2.45, 2.75) is 236 Å². The summed E-state index contributed by atoms with van der Waals surface area (Å²) >= 11 is 0. The average molecular weight is 1720 g/mol. The van der Waals surface area contributed by atoms with Gasteiger partial charge in [0.1, 0.15) is 84.3 Å². The smallest absolute Gasteiger partial charge is 0.326 e. The Hall–Kier alpha value is -12.6. The predicted molar refractivity (Wildman–Crippen MR) is 443 cm³/mol. The molecule has 3 heterocycles. The van der Waals surface area contributed by atoms with Crippen LogP contribution >= 0.6 is 0 Å². The van der Waals surface area contributed by atoms with Crippen LogP contribution in [0, 0.1) is 17.8 Å². The first kappa shape index (κ1) is 99.2. The first-order chi connectivity index (χ1) is 58.1. The Morgan fingerprint density at radius 1 is 0.455 bits per heavy atom. The Balaban J connectivity index is 1.22. The number of fused-ring (bicyclic) bond motifs is 2. The molecule has 1 saturated heterocycles. The number of hydrogen-bond acceptors (Lipinski definition) is 22. The molecule has 1 aliphatic heterocycles. The number of nitrogens with one attached hydrogen (secondary N) is 14. The fraction of sp³-hybridized carbons (Fsp3) is 0.524. The number of amides is 14. The minimum Gasteiger partial charge on any atom is -0.508 e. The monoisotopic (exact) mass is 1720 g/mol. The van der Waals surface area contributed by atoms with Crippen LogP contribution in [0.15, 0.2) is 85.2 Å². The van der Waals surface area contributed by atoms with E-state index in [0.29, 0.717) is 44.9 Å². The van der Waals surface area contributed by atoms with Crippen LogP contribution in [0.1, 0.15) is 143 Å². The number of aliphatic hydroxyl groups excluding tert-OH is 2. The molecule has 14 amide bonds. The zero-order valence-electron chi connectivity index (χ0n) is 69.8. The molecule has 672 valence electrons. The number of hydrogen-bond donors (Lipinski definition) is 23. The molecule has 0 aliphatic carbocycles. The van der Waals surface area contributed by atoms with Gasteiger partial charge >= 0.3 is 17.9 Å². The number of aliphatic hydroxyl groups is 2. The summed E-state index contributed by atoms with van der Waals surface area (Å²) in [5, 5.41) is 91.9. The van der Waals surface area contributed by atoms with Gasteiger partial charge in [-0.25, -0.2) is 4.79 Å². The molecule has 15 atom stereocenters. The summed E-state index contributed by atoms with van der Waals surface area (Å²) in [7, 11) is 0. The van der Waals surface area contributed by atoms with Crippen molar-refractivity contribution in [1.82, 2.24) is 78.7 Å². The molecular weight excluding hydrogens is 1610 g/mol. The third-order valence-electron chi connectivity index (χ3n) is 20.2. The van der Waals surface area contributed by atoms with Gasteiger partial charge in [-0.2, -0.15) is 0 Å². The summed E-state index contributed by atoms with van der Waals surface area (Å²) in [5.74, 6) is -20.5. The van der Waals surface area contributed by atoms with E-state index in [1.54, 1.807) is 102 Å². The molecule has 0 bridgehead atoms. The van der Waals surface area contributed by atoms with Gasteiger partial charge < -0.3 is 127 Å². The number of aromatic amines is 2. The predicted octanol–water partition coefficient (Wildman–Crippen LogP) is -2.91. The summed E-state index contributed by atoms with van der Waals surface area (Å²) in [6.45, 7) is 11.6. The molecule has 6 rings (SSSR count). The number of unbranched alkanes of at least 4 members (excludes halogenated alkanes) is 1. The van der Waals surface area contributed by atoms with Crippen LogP contribution in [0.3, 0.4) is 0 Å². The Kier molecular flexibility index (Phi) is 38.3. The number of aromatic hydroxyl groups is 1. The largest absolute Gasteiger partial charge is 0.508 e. The van der Waals surface area contributed by atoms with Gasteiger partial charge in [0.25, 0.3) is 0 Å². The van der Waals surface area contributed by atoms with E-state index >= 15 is 0 Å². The van der Waals surface area contributed by atoms with Crippen LogP contribution in [0.2, 0.25) is 0 Å². The number of primary amides is 1. The van der Waals surface area contributed by atoms with Gasteiger partial charge in [0.05, 0.1) is 38.0 Å². The van der Waals surface area contributed by atoms with Crippen LogP contribution in [0.5, 0.6) is 5.75 Å².